The van der Waals surface area contributed by atoms with E-state index in [0.29, 0.717) is 0 Å². The number of hydrogen-bond acceptors (Lipinski definition) is 2. The number of furan rings is 1. The van der Waals surface area contributed by atoms with E-state index in [-0.39, 0.29) is 17.9 Å². The van der Waals surface area contributed by atoms with Gasteiger partial charge in [-0.15, -0.1) is 0 Å². The number of aliphatic imine (C=N–C) groups is 1. The Balaban J connectivity index is 1.09. The summed E-state index contributed by atoms with van der Waals surface area (Å²) < 4.78 is 12.1. The summed E-state index contributed by atoms with van der Waals surface area (Å²) in [6, 6.07) is 77.7. The third kappa shape index (κ3) is 6.26. The van der Waals surface area contributed by atoms with Gasteiger partial charge < -0.3 is 13.6 Å². The number of allylic oxidation sites excluding steroid dienone is 1. The normalized spacial score (nSPS) is 18.2. The van der Waals surface area contributed by atoms with E-state index in [2.05, 4.69) is 241 Å². The molecule has 3 unspecified atom stereocenters. The van der Waals surface area contributed by atoms with Crippen LogP contribution in [-0.4, -0.2) is 14.8 Å². The van der Waals surface area contributed by atoms with E-state index in [4.69, 9.17) is 9.41 Å². The molecule has 4 heteroatoms. The van der Waals surface area contributed by atoms with Gasteiger partial charge in [0.25, 0.3) is 0 Å². The molecule has 13 aromatic rings. The first-order valence-corrected chi connectivity index (χ1v) is 24.8. The number of fused-ring (bicyclic) bond motifs is 11. The predicted molar refractivity (Wildman–Crippen MR) is 295 cm³/mol. The monoisotopic (exact) mass is 899 g/mol. The molecule has 0 bridgehead atoms. The maximum atomic E-state index is 7.19. The minimum Gasteiger partial charge on any atom is -0.455 e. The molecular formula is C66H49N3O. The van der Waals surface area contributed by atoms with Gasteiger partial charge in [-0.2, -0.15) is 0 Å². The minimum absolute atomic E-state index is 0.0332. The fraction of sp³-hybridized carbons (Fsp3) is 0.106. The van der Waals surface area contributed by atoms with Crippen LogP contribution in [0.1, 0.15) is 49.4 Å². The summed E-state index contributed by atoms with van der Waals surface area (Å²) in [5, 5.41) is 12.0. The molecule has 10 aromatic carbocycles. The molecule has 1 aliphatic rings. The Morgan fingerprint density at radius 2 is 1.07 bits per heavy atom. The fourth-order valence-electron chi connectivity index (χ4n) is 12.0. The second-order valence-corrected chi connectivity index (χ2v) is 19.3. The van der Waals surface area contributed by atoms with Crippen LogP contribution in [-0.2, 0) is 0 Å². The molecule has 70 heavy (non-hydrogen) atoms. The second-order valence-electron chi connectivity index (χ2n) is 19.3. The number of rotatable bonds is 6. The lowest BCUT2D eigenvalue weighted by atomic mass is 9.78. The first-order valence-electron chi connectivity index (χ1n) is 24.8. The van der Waals surface area contributed by atoms with Crippen molar-refractivity contribution in [3.63, 3.8) is 0 Å². The molecule has 4 heterocycles. The minimum atomic E-state index is -0.223. The summed E-state index contributed by atoms with van der Waals surface area (Å²) in [4.78, 5) is 6.29. The summed E-state index contributed by atoms with van der Waals surface area (Å²) in [5.41, 5.74) is 14.6. The summed E-state index contributed by atoms with van der Waals surface area (Å²) in [6.45, 7) is 4.71. The highest BCUT2D eigenvalue weighted by molar-refractivity contribution is 6.21. The largest absolute Gasteiger partial charge is 0.455 e. The lowest BCUT2D eigenvalue weighted by molar-refractivity contribution is 0.514. The van der Waals surface area contributed by atoms with Crippen molar-refractivity contribution in [2.45, 2.75) is 32.7 Å². The molecule has 3 atom stereocenters. The molecule has 3 aromatic heterocycles. The van der Waals surface area contributed by atoms with Crippen molar-refractivity contribution in [1.29, 1.82) is 0 Å². The van der Waals surface area contributed by atoms with E-state index < -0.39 is 0 Å². The third-order valence-electron chi connectivity index (χ3n) is 15.3. The molecule has 1 aliphatic heterocycles. The van der Waals surface area contributed by atoms with Gasteiger partial charge in [0.2, 0.25) is 0 Å². The van der Waals surface area contributed by atoms with E-state index in [0.717, 1.165) is 68.5 Å². The van der Waals surface area contributed by atoms with E-state index in [1.807, 2.05) is 0 Å². The summed E-state index contributed by atoms with van der Waals surface area (Å²) >= 11 is 0. The number of benzene rings is 10. The van der Waals surface area contributed by atoms with Gasteiger partial charge in [-0.25, -0.2) is 0 Å². The topological polar surface area (TPSA) is 35.4 Å². The Kier molecular flexibility index (Phi) is 9.32. The van der Waals surface area contributed by atoms with Gasteiger partial charge in [-0.3, -0.25) is 4.99 Å². The van der Waals surface area contributed by atoms with Crippen molar-refractivity contribution in [2.24, 2.45) is 16.8 Å². The molecule has 334 valence electrons. The van der Waals surface area contributed by atoms with Gasteiger partial charge in [0.05, 0.1) is 45.1 Å². The summed E-state index contributed by atoms with van der Waals surface area (Å²) in [5.74, 6) is 0.118. The highest BCUT2D eigenvalue weighted by atomic mass is 16.3. The van der Waals surface area contributed by atoms with E-state index in [1.165, 1.54) is 70.8 Å². The quantitative estimate of drug-likeness (QED) is 0.164. The molecular weight excluding hydrogens is 851 g/mol. The van der Waals surface area contributed by atoms with Crippen molar-refractivity contribution in [2.75, 3.05) is 0 Å². The molecule has 0 saturated heterocycles. The molecule has 0 aliphatic carbocycles. The van der Waals surface area contributed by atoms with Gasteiger partial charge >= 0.3 is 0 Å². The highest BCUT2D eigenvalue weighted by Crippen LogP contribution is 2.47. The molecule has 0 saturated carbocycles. The van der Waals surface area contributed by atoms with Crippen LogP contribution in [0.2, 0.25) is 0 Å². The van der Waals surface area contributed by atoms with Crippen molar-refractivity contribution in [1.82, 2.24) is 9.13 Å². The first-order chi connectivity index (χ1) is 34.6. The Morgan fingerprint density at radius 3 is 1.77 bits per heavy atom. The van der Waals surface area contributed by atoms with E-state index in [9.17, 15) is 0 Å². The summed E-state index contributed by atoms with van der Waals surface area (Å²) in [6.07, 6.45) is 4.27. The van der Waals surface area contributed by atoms with Gasteiger partial charge in [0, 0.05) is 49.8 Å². The third-order valence-corrected chi connectivity index (χ3v) is 15.3. The van der Waals surface area contributed by atoms with Crippen LogP contribution in [0, 0.1) is 11.8 Å². The van der Waals surface area contributed by atoms with Crippen molar-refractivity contribution < 1.29 is 4.42 Å². The second kappa shape index (κ2) is 16.1. The van der Waals surface area contributed by atoms with E-state index >= 15 is 0 Å². The molecule has 14 rings (SSSR count). The Labute approximate surface area is 406 Å². The SMILES string of the molecule is CCC1/C(c2ccccc2)=C/CC(C)/C(c2c(-n3c4cc5ccccc5cc4c4cc5ccccc5cc43)ccc3c2oc2ccccc23)=N\C1c1ccc2c3ccccc3n(-c3ccccc3)c2c1. The number of para-hydroxylation sites is 3. The Hall–Kier alpha value is -8.47. The molecule has 0 amide bonds. The zero-order chi connectivity index (χ0) is 46.5. The zero-order valence-corrected chi connectivity index (χ0v) is 39.2. The maximum absolute atomic E-state index is 7.19. The van der Waals surface area contributed by atoms with Gasteiger partial charge in [-0.05, 0) is 118 Å². The van der Waals surface area contributed by atoms with E-state index in [1.54, 1.807) is 0 Å². The van der Waals surface area contributed by atoms with Crippen LogP contribution in [0.4, 0.5) is 0 Å². The van der Waals surface area contributed by atoms with Crippen LogP contribution in [0.5, 0.6) is 0 Å². The van der Waals surface area contributed by atoms with Crippen molar-refractivity contribution in [3.8, 4) is 11.4 Å². The standard InChI is InChI=1S/C66H49N3O/c1-3-49-50(42-18-6-4-7-19-42)32-30-41(2)64(67-65(49)47-31-33-52-51-26-14-16-28-57(51)68(59(52)40-47)48-24-8-5-9-25-48)63-58(35-34-54-53-27-15-17-29-62(53)70-66(54)63)69-60-38-45-22-12-10-20-43(45)36-55(60)56-37-44-21-11-13-23-46(44)39-61(56)69/h4-29,31-41,49,65H,3,30H2,1-2H3/b50-32+,67-64+. The zero-order valence-electron chi connectivity index (χ0n) is 39.2. The van der Waals surface area contributed by atoms with Crippen molar-refractivity contribution in [3.05, 3.63) is 235 Å². The average Bonchev–Trinajstić information content (AvgIpc) is 4.05. The van der Waals surface area contributed by atoms with Crippen LogP contribution in [0.15, 0.2) is 228 Å². The van der Waals surface area contributed by atoms with Crippen LogP contribution < -0.4 is 0 Å². The molecule has 0 spiro atoms. The Bertz CT molecular complexity index is 4190. The number of aromatic nitrogens is 2. The summed E-state index contributed by atoms with van der Waals surface area (Å²) in [7, 11) is 0. The lowest BCUT2D eigenvalue weighted by Gasteiger charge is -2.32. The lowest BCUT2D eigenvalue weighted by Crippen LogP contribution is -2.23. The smallest absolute Gasteiger partial charge is 0.146 e. The predicted octanol–water partition coefficient (Wildman–Crippen LogP) is 17.8. The highest BCUT2D eigenvalue weighted by Gasteiger charge is 2.33. The van der Waals surface area contributed by atoms with Crippen LogP contribution in [0.3, 0.4) is 0 Å². The van der Waals surface area contributed by atoms with Gasteiger partial charge in [0.15, 0.2) is 0 Å². The van der Waals surface area contributed by atoms with Gasteiger partial charge in [-0.1, -0.05) is 166 Å². The van der Waals surface area contributed by atoms with Crippen molar-refractivity contribution >= 4 is 98.4 Å². The molecule has 0 fully saturated rings. The molecule has 0 N–H and O–H groups in total. The first kappa shape index (κ1) is 40.6. The number of nitrogens with zero attached hydrogens (tertiary/aromatic N) is 3. The Morgan fingerprint density at radius 1 is 0.500 bits per heavy atom. The average molecular weight is 900 g/mol. The van der Waals surface area contributed by atoms with Gasteiger partial charge in [0.1, 0.15) is 11.2 Å². The molecule has 0 radical (unpaired) electrons. The molecule has 4 nitrogen and oxygen atoms in total. The van der Waals surface area contributed by atoms with Crippen LogP contribution >= 0.6 is 0 Å². The van der Waals surface area contributed by atoms with Crippen LogP contribution in [0.25, 0.3) is 104 Å². The number of hydrogen-bond donors (Lipinski definition) is 0. The maximum Gasteiger partial charge on any atom is 0.146 e. The fourth-order valence-corrected chi connectivity index (χ4v) is 12.0.